The summed E-state index contributed by atoms with van der Waals surface area (Å²) in [6.45, 7) is 3.28. The highest BCUT2D eigenvalue weighted by atomic mass is 19.4. The van der Waals surface area contributed by atoms with E-state index in [2.05, 4.69) is 10.4 Å². The van der Waals surface area contributed by atoms with E-state index >= 15 is 0 Å². The minimum Gasteiger partial charge on any atom is -0.354 e. The number of hydrogen-bond acceptors (Lipinski definition) is 3. The van der Waals surface area contributed by atoms with Gasteiger partial charge in [0.1, 0.15) is 6.61 Å². The molecule has 1 atom stereocenters. The SMILES string of the molecule is Cc1cc(C)n(CCCNC(=O)[C@@H](OCC(F)(F)F)c2ccccc2)n1. The van der Waals surface area contributed by atoms with Gasteiger partial charge in [-0.25, -0.2) is 0 Å². The quantitative estimate of drug-likeness (QED) is 0.726. The molecule has 0 radical (unpaired) electrons. The predicted octanol–water partition coefficient (Wildman–Crippen LogP) is 3.33. The van der Waals surface area contributed by atoms with Gasteiger partial charge in [0, 0.05) is 18.8 Å². The monoisotopic (exact) mass is 369 g/mol. The van der Waals surface area contributed by atoms with Gasteiger partial charge in [-0.15, -0.1) is 0 Å². The Kier molecular flexibility index (Phi) is 6.79. The van der Waals surface area contributed by atoms with Gasteiger partial charge in [-0.1, -0.05) is 30.3 Å². The standard InChI is InChI=1S/C18H22F3N3O2/c1-13-11-14(2)24(23-13)10-6-9-22-17(25)16(26-12-18(19,20)21)15-7-4-3-5-8-15/h3-5,7-8,11,16H,6,9-10,12H2,1-2H3,(H,22,25)/t16-/m0/s1. The molecule has 0 bridgehead atoms. The maximum Gasteiger partial charge on any atom is 0.411 e. The van der Waals surface area contributed by atoms with Crippen LogP contribution in [-0.2, 0) is 16.1 Å². The summed E-state index contributed by atoms with van der Waals surface area (Å²) in [6, 6.07) is 10.1. The first-order valence-electron chi connectivity index (χ1n) is 8.28. The van der Waals surface area contributed by atoms with Gasteiger partial charge in [-0.3, -0.25) is 9.48 Å². The molecular formula is C18H22F3N3O2. The Hall–Kier alpha value is -2.35. The molecule has 0 unspecified atom stereocenters. The third-order valence-electron chi connectivity index (χ3n) is 3.70. The number of amides is 1. The lowest BCUT2D eigenvalue weighted by atomic mass is 10.1. The number of nitrogens with one attached hydrogen (secondary N) is 1. The molecule has 0 saturated heterocycles. The van der Waals surface area contributed by atoms with Crippen LogP contribution in [0, 0.1) is 13.8 Å². The summed E-state index contributed by atoms with van der Waals surface area (Å²) in [6.07, 6.45) is -5.19. The van der Waals surface area contributed by atoms with Crippen molar-refractivity contribution in [1.29, 1.82) is 0 Å². The van der Waals surface area contributed by atoms with Crippen LogP contribution in [0.25, 0.3) is 0 Å². The smallest absolute Gasteiger partial charge is 0.354 e. The number of ether oxygens (including phenoxy) is 1. The number of halogens is 3. The average Bonchev–Trinajstić information content (AvgIpc) is 2.89. The van der Waals surface area contributed by atoms with Crippen LogP contribution >= 0.6 is 0 Å². The van der Waals surface area contributed by atoms with Crippen LogP contribution < -0.4 is 5.32 Å². The molecular weight excluding hydrogens is 347 g/mol. The van der Waals surface area contributed by atoms with Gasteiger partial charge in [0.15, 0.2) is 6.10 Å². The van der Waals surface area contributed by atoms with Gasteiger partial charge in [-0.2, -0.15) is 18.3 Å². The first-order chi connectivity index (χ1) is 12.3. The highest BCUT2D eigenvalue weighted by Gasteiger charge is 2.32. The molecule has 26 heavy (non-hydrogen) atoms. The van der Waals surface area contributed by atoms with E-state index in [1.807, 2.05) is 24.6 Å². The number of aromatic nitrogens is 2. The van der Waals surface area contributed by atoms with Crippen LogP contribution in [0.5, 0.6) is 0 Å². The van der Waals surface area contributed by atoms with Gasteiger partial charge in [-0.05, 0) is 31.9 Å². The van der Waals surface area contributed by atoms with Crippen LogP contribution in [0.3, 0.4) is 0 Å². The zero-order chi connectivity index (χ0) is 19.2. The van der Waals surface area contributed by atoms with Gasteiger partial charge < -0.3 is 10.1 Å². The molecule has 5 nitrogen and oxygen atoms in total. The molecule has 2 rings (SSSR count). The third-order valence-corrected chi connectivity index (χ3v) is 3.70. The maximum absolute atomic E-state index is 12.5. The van der Waals surface area contributed by atoms with E-state index in [0.29, 0.717) is 25.1 Å². The van der Waals surface area contributed by atoms with Crippen molar-refractivity contribution < 1.29 is 22.7 Å². The molecule has 2 aromatic rings. The lowest BCUT2D eigenvalue weighted by Crippen LogP contribution is -2.34. The summed E-state index contributed by atoms with van der Waals surface area (Å²) >= 11 is 0. The average molecular weight is 369 g/mol. The second kappa shape index (κ2) is 8.84. The fraction of sp³-hybridized carbons (Fsp3) is 0.444. The first kappa shape index (κ1) is 20.0. The van der Waals surface area contributed by atoms with Crippen LogP contribution in [0.1, 0.15) is 29.5 Å². The Morgan fingerprint density at radius 1 is 1.27 bits per heavy atom. The number of nitrogens with zero attached hydrogens (tertiary/aromatic N) is 2. The largest absolute Gasteiger partial charge is 0.411 e. The molecule has 142 valence electrons. The highest BCUT2D eigenvalue weighted by molar-refractivity contribution is 5.82. The van der Waals surface area contributed by atoms with E-state index in [9.17, 15) is 18.0 Å². The van der Waals surface area contributed by atoms with Crippen molar-refractivity contribution in [3.63, 3.8) is 0 Å². The molecule has 0 spiro atoms. The lowest BCUT2D eigenvalue weighted by Gasteiger charge is -2.19. The summed E-state index contributed by atoms with van der Waals surface area (Å²) in [4.78, 5) is 12.3. The second-order valence-corrected chi connectivity index (χ2v) is 6.01. The fourth-order valence-corrected chi connectivity index (χ4v) is 2.56. The number of carbonyl (C=O) groups excluding carboxylic acids is 1. The number of rotatable bonds is 8. The van der Waals surface area contributed by atoms with Crippen molar-refractivity contribution in [3.05, 3.63) is 53.3 Å². The van der Waals surface area contributed by atoms with Crippen LogP contribution in [0.4, 0.5) is 13.2 Å². The maximum atomic E-state index is 12.5. The van der Waals surface area contributed by atoms with Gasteiger partial charge in [0.05, 0.1) is 5.69 Å². The molecule has 1 N–H and O–H groups in total. The number of carbonyl (C=O) groups is 1. The Labute approximate surface area is 150 Å². The Morgan fingerprint density at radius 2 is 1.96 bits per heavy atom. The molecule has 0 aliphatic heterocycles. The predicted molar refractivity (Wildman–Crippen MR) is 90.5 cm³/mol. The summed E-state index contributed by atoms with van der Waals surface area (Å²) in [5.74, 6) is -0.589. The van der Waals surface area contributed by atoms with Crippen molar-refractivity contribution in [2.75, 3.05) is 13.2 Å². The van der Waals surface area contributed by atoms with E-state index in [4.69, 9.17) is 4.74 Å². The fourth-order valence-electron chi connectivity index (χ4n) is 2.56. The van der Waals surface area contributed by atoms with Crippen molar-refractivity contribution in [3.8, 4) is 0 Å². The molecule has 1 aromatic carbocycles. The normalized spacial score (nSPS) is 12.8. The van der Waals surface area contributed by atoms with Crippen molar-refractivity contribution in [1.82, 2.24) is 15.1 Å². The molecule has 0 fully saturated rings. The van der Waals surface area contributed by atoms with Crippen molar-refractivity contribution >= 4 is 5.91 Å². The Bertz CT molecular complexity index is 714. The number of benzene rings is 1. The van der Waals surface area contributed by atoms with E-state index < -0.39 is 24.8 Å². The third kappa shape index (κ3) is 6.18. The summed E-state index contributed by atoms with van der Waals surface area (Å²) in [5.41, 5.74) is 2.31. The topological polar surface area (TPSA) is 56.2 Å². The molecule has 0 aliphatic rings. The van der Waals surface area contributed by atoms with Crippen LogP contribution in [0.2, 0.25) is 0 Å². The molecule has 0 saturated carbocycles. The summed E-state index contributed by atoms with van der Waals surface area (Å²) in [5, 5.41) is 6.96. The minimum absolute atomic E-state index is 0.315. The number of alkyl halides is 3. The second-order valence-electron chi connectivity index (χ2n) is 6.01. The lowest BCUT2D eigenvalue weighted by molar-refractivity contribution is -0.188. The van der Waals surface area contributed by atoms with Gasteiger partial charge in [0.25, 0.3) is 5.91 Å². The van der Waals surface area contributed by atoms with Crippen LogP contribution in [-0.4, -0.2) is 35.0 Å². The molecule has 1 amide bonds. The van der Waals surface area contributed by atoms with Crippen molar-refractivity contribution in [2.45, 2.75) is 39.1 Å². The van der Waals surface area contributed by atoms with Gasteiger partial charge in [0.2, 0.25) is 0 Å². The zero-order valence-corrected chi connectivity index (χ0v) is 14.7. The Balaban J connectivity index is 1.90. The molecule has 0 aliphatic carbocycles. The first-order valence-corrected chi connectivity index (χ1v) is 8.28. The number of hydrogen-bond donors (Lipinski definition) is 1. The van der Waals surface area contributed by atoms with E-state index in [0.717, 1.165) is 11.4 Å². The summed E-state index contributed by atoms with van der Waals surface area (Å²) in [7, 11) is 0. The summed E-state index contributed by atoms with van der Waals surface area (Å²) < 4.78 is 44.1. The highest BCUT2D eigenvalue weighted by Crippen LogP contribution is 2.22. The number of aryl methyl sites for hydroxylation is 3. The van der Waals surface area contributed by atoms with Crippen LogP contribution in [0.15, 0.2) is 36.4 Å². The molecule has 8 heteroatoms. The minimum atomic E-state index is -4.50. The Morgan fingerprint density at radius 3 is 2.54 bits per heavy atom. The van der Waals surface area contributed by atoms with E-state index in [1.165, 1.54) is 0 Å². The van der Waals surface area contributed by atoms with Crippen molar-refractivity contribution in [2.24, 2.45) is 0 Å². The zero-order valence-electron chi connectivity index (χ0n) is 14.7. The molecule has 1 heterocycles. The van der Waals surface area contributed by atoms with E-state index in [1.54, 1.807) is 30.3 Å². The molecule has 1 aromatic heterocycles. The van der Waals surface area contributed by atoms with E-state index in [-0.39, 0.29) is 0 Å². The van der Waals surface area contributed by atoms with Gasteiger partial charge >= 0.3 is 6.18 Å².